The highest BCUT2D eigenvalue weighted by Gasteiger charge is 2.36. The van der Waals surface area contributed by atoms with Crippen LogP contribution in [0.5, 0.6) is 0 Å². The third-order valence-electron chi connectivity index (χ3n) is 4.43. The van der Waals surface area contributed by atoms with Gasteiger partial charge in [-0.2, -0.15) is 0 Å². The molecule has 1 N–H and O–H groups in total. The van der Waals surface area contributed by atoms with Gasteiger partial charge >= 0.3 is 12.0 Å². The molecule has 1 heterocycles. The lowest BCUT2D eigenvalue weighted by Gasteiger charge is -2.43. The van der Waals surface area contributed by atoms with Crippen molar-refractivity contribution in [3.8, 4) is 0 Å². The summed E-state index contributed by atoms with van der Waals surface area (Å²) in [5.74, 6) is -0.969. The van der Waals surface area contributed by atoms with Crippen molar-refractivity contribution in [2.75, 3.05) is 19.6 Å². The Morgan fingerprint density at radius 2 is 1.75 bits per heavy atom. The van der Waals surface area contributed by atoms with Gasteiger partial charge in [-0.05, 0) is 39.0 Å². The molecule has 0 saturated carbocycles. The van der Waals surface area contributed by atoms with Crippen LogP contribution < -0.4 is 0 Å². The van der Waals surface area contributed by atoms with Crippen LogP contribution in [0.3, 0.4) is 0 Å². The molecule has 1 saturated heterocycles. The van der Waals surface area contributed by atoms with E-state index < -0.39 is 11.5 Å². The molecular formula is C15H28N2O3. The minimum absolute atomic E-state index is 0.155. The summed E-state index contributed by atoms with van der Waals surface area (Å²) in [5, 5.41) is 9.00. The Bertz CT molecular complexity index is 366. The molecule has 5 heteroatoms. The van der Waals surface area contributed by atoms with Gasteiger partial charge in [0.05, 0.1) is 0 Å². The second kappa shape index (κ2) is 6.02. The predicted molar refractivity (Wildman–Crippen MR) is 78.7 cm³/mol. The average Bonchev–Trinajstić information content (AvgIpc) is 2.34. The molecule has 1 aliphatic rings. The SMILES string of the molecule is CCC1(C)CCN(C(=O)N(CC(=O)O)C(C)(C)C)CC1. The van der Waals surface area contributed by atoms with Gasteiger partial charge in [0.2, 0.25) is 0 Å². The summed E-state index contributed by atoms with van der Waals surface area (Å²) in [4.78, 5) is 26.8. The van der Waals surface area contributed by atoms with E-state index in [4.69, 9.17) is 5.11 Å². The molecule has 1 fully saturated rings. The van der Waals surface area contributed by atoms with Crippen LogP contribution in [-0.2, 0) is 4.79 Å². The molecule has 0 atom stereocenters. The van der Waals surface area contributed by atoms with Gasteiger partial charge in [-0.3, -0.25) is 4.79 Å². The van der Waals surface area contributed by atoms with Crippen molar-refractivity contribution < 1.29 is 14.7 Å². The fraction of sp³-hybridized carbons (Fsp3) is 0.867. The number of carboxylic acid groups (broad SMARTS) is 1. The minimum atomic E-state index is -0.969. The molecular weight excluding hydrogens is 256 g/mol. The predicted octanol–water partition coefficient (Wildman–Crippen LogP) is 2.80. The normalized spacial score (nSPS) is 18.8. The first-order valence-electron chi connectivity index (χ1n) is 7.37. The molecule has 2 amide bonds. The van der Waals surface area contributed by atoms with E-state index in [1.54, 1.807) is 4.90 Å². The number of likely N-dealkylation sites (tertiary alicyclic amines) is 1. The molecule has 20 heavy (non-hydrogen) atoms. The lowest BCUT2D eigenvalue weighted by Crippen LogP contribution is -2.55. The Morgan fingerprint density at radius 3 is 2.10 bits per heavy atom. The quantitative estimate of drug-likeness (QED) is 0.867. The number of hydrogen-bond acceptors (Lipinski definition) is 2. The van der Waals surface area contributed by atoms with Crippen LogP contribution in [-0.4, -0.2) is 52.1 Å². The number of amides is 2. The number of nitrogens with zero attached hydrogens (tertiary/aromatic N) is 2. The Kier molecular flexibility index (Phi) is 5.05. The van der Waals surface area contributed by atoms with Crippen molar-refractivity contribution >= 4 is 12.0 Å². The maximum atomic E-state index is 12.6. The second-order valence-corrected chi connectivity index (χ2v) is 7.08. The molecule has 0 radical (unpaired) electrons. The highest BCUT2D eigenvalue weighted by Crippen LogP contribution is 2.34. The third kappa shape index (κ3) is 4.12. The van der Waals surface area contributed by atoms with E-state index in [1.807, 2.05) is 20.8 Å². The van der Waals surface area contributed by atoms with Crippen LogP contribution in [0.15, 0.2) is 0 Å². The van der Waals surface area contributed by atoms with Gasteiger partial charge in [-0.25, -0.2) is 4.79 Å². The van der Waals surface area contributed by atoms with Crippen LogP contribution in [0.1, 0.15) is 53.9 Å². The first-order valence-corrected chi connectivity index (χ1v) is 7.37. The summed E-state index contributed by atoms with van der Waals surface area (Å²) < 4.78 is 0. The van der Waals surface area contributed by atoms with E-state index in [-0.39, 0.29) is 12.6 Å². The zero-order chi connectivity index (χ0) is 15.6. The number of rotatable bonds is 3. The highest BCUT2D eigenvalue weighted by atomic mass is 16.4. The van der Waals surface area contributed by atoms with Gasteiger partial charge in [-0.1, -0.05) is 20.3 Å². The maximum absolute atomic E-state index is 12.6. The van der Waals surface area contributed by atoms with Crippen LogP contribution >= 0.6 is 0 Å². The van der Waals surface area contributed by atoms with Crippen molar-refractivity contribution in [2.45, 2.75) is 59.4 Å². The molecule has 116 valence electrons. The van der Waals surface area contributed by atoms with E-state index in [1.165, 1.54) is 4.90 Å². The standard InChI is InChI=1S/C15H28N2O3/c1-6-15(5)7-9-16(10-8-15)13(20)17(11-12(18)19)14(2,3)4/h6-11H2,1-5H3,(H,18,19). The summed E-state index contributed by atoms with van der Waals surface area (Å²) >= 11 is 0. The van der Waals surface area contributed by atoms with E-state index >= 15 is 0 Å². The maximum Gasteiger partial charge on any atom is 0.323 e. The summed E-state index contributed by atoms with van der Waals surface area (Å²) in [6.45, 7) is 11.2. The van der Waals surface area contributed by atoms with Gasteiger partial charge in [0.1, 0.15) is 6.54 Å². The Balaban J connectivity index is 2.75. The molecule has 0 aromatic carbocycles. The zero-order valence-corrected chi connectivity index (χ0v) is 13.4. The summed E-state index contributed by atoms with van der Waals surface area (Å²) in [7, 11) is 0. The minimum Gasteiger partial charge on any atom is -0.480 e. The smallest absolute Gasteiger partial charge is 0.323 e. The molecule has 0 unspecified atom stereocenters. The third-order valence-corrected chi connectivity index (χ3v) is 4.43. The van der Waals surface area contributed by atoms with Gasteiger partial charge in [0.25, 0.3) is 0 Å². The lowest BCUT2D eigenvalue weighted by atomic mass is 9.78. The molecule has 0 bridgehead atoms. The lowest BCUT2D eigenvalue weighted by molar-refractivity contribution is -0.138. The van der Waals surface area contributed by atoms with Crippen molar-refractivity contribution in [1.82, 2.24) is 9.80 Å². The van der Waals surface area contributed by atoms with Crippen LogP contribution in [0.4, 0.5) is 4.79 Å². The van der Waals surface area contributed by atoms with Gasteiger partial charge in [0.15, 0.2) is 0 Å². The van der Waals surface area contributed by atoms with Crippen molar-refractivity contribution in [1.29, 1.82) is 0 Å². The van der Waals surface area contributed by atoms with Crippen molar-refractivity contribution in [2.24, 2.45) is 5.41 Å². The fourth-order valence-corrected chi connectivity index (χ4v) is 2.49. The Morgan fingerprint density at radius 1 is 1.25 bits per heavy atom. The Labute approximate surface area is 121 Å². The number of aliphatic carboxylic acids is 1. The number of hydrogen-bond donors (Lipinski definition) is 1. The first kappa shape index (κ1) is 16.8. The zero-order valence-electron chi connectivity index (χ0n) is 13.4. The number of urea groups is 1. The molecule has 5 nitrogen and oxygen atoms in total. The molecule has 0 aliphatic carbocycles. The molecule has 1 rings (SSSR count). The van der Waals surface area contributed by atoms with Crippen molar-refractivity contribution in [3.63, 3.8) is 0 Å². The fourth-order valence-electron chi connectivity index (χ4n) is 2.49. The molecule has 0 aromatic heterocycles. The summed E-state index contributed by atoms with van der Waals surface area (Å²) in [6, 6.07) is -0.155. The molecule has 0 aromatic rings. The Hall–Kier alpha value is -1.26. The van der Waals surface area contributed by atoms with E-state index in [9.17, 15) is 9.59 Å². The first-order chi connectivity index (χ1) is 9.09. The van der Waals surface area contributed by atoms with Crippen molar-refractivity contribution in [3.05, 3.63) is 0 Å². The number of piperidine rings is 1. The summed E-state index contributed by atoms with van der Waals surface area (Å²) in [6.07, 6.45) is 3.09. The van der Waals surface area contributed by atoms with E-state index in [2.05, 4.69) is 13.8 Å². The van der Waals surface area contributed by atoms with Crippen LogP contribution in [0.2, 0.25) is 0 Å². The van der Waals surface area contributed by atoms with Gasteiger partial charge in [-0.15, -0.1) is 0 Å². The van der Waals surface area contributed by atoms with E-state index in [0.717, 1.165) is 32.4 Å². The number of carbonyl (C=O) groups excluding carboxylic acids is 1. The molecule has 0 spiro atoms. The van der Waals surface area contributed by atoms with Gasteiger partial charge in [0, 0.05) is 18.6 Å². The van der Waals surface area contributed by atoms with Crippen LogP contribution in [0.25, 0.3) is 0 Å². The second-order valence-electron chi connectivity index (χ2n) is 7.08. The van der Waals surface area contributed by atoms with E-state index in [0.29, 0.717) is 5.41 Å². The molecule has 1 aliphatic heterocycles. The highest BCUT2D eigenvalue weighted by molar-refractivity contribution is 5.81. The topological polar surface area (TPSA) is 60.9 Å². The summed E-state index contributed by atoms with van der Waals surface area (Å²) in [5.41, 5.74) is -0.170. The monoisotopic (exact) mass is 284 g/mol. The largest absolute Gasteiger partial charge is 0.480 e. The average molecular weight is 284 g/mol. The number of carbonyl (C=O) groups is 2. The van der Waals surface area contributed by atoms with Gasteiger partial charge < -0.3 is 14.9 Å². The van der Waals surface area contributed by atoms with Crippen LogP contribution in [0, 0.1) is 5.41 Å². The number of carboxylic acids is 1.